The largest absolute Gasteiger partial charge is 0.354 e. The van der Waals surface area contributed by atoms with Crippen molar-refractivity contribution >= 4 is 21.8 Å². The molecular formula is C26H37N3O4S. The van der Waals surface area contributed by atoms with Crippen LogP contribution >= 0.6 is 0 Å². The lowest BCUT2D eigenvalue weighted by molar-refractivity contribution is -0.141. The van der Waals surface area contributed by atoms with Gasteiger partial charge in [0.1, 0.15) is 6.04 Å². The summed E-state index contributed by atoms with van der Waals surface area (Å²) in [5, 5.41) is 2.92. The van der Waals surface area contributed by atoms with Crippen LogP contribution < -0.4 is 5.32 Å². The number of nitrogens with zero attached hydrogens (tertiary/aromatic N) is 2. The molecule has 0 heterocycles. The van der Waals surface area contributed by atoms with Crippen molar-refractivity contribution in [2.45, 2.75) is 64.4 Å². The van der Waals surface area contributed by atoms with E-state index in [1.165, 1.54) is 24.1 Å². The molecule has 0 aliphatic carbocycles. The van der Waals surface area contributed by atoms with Crippen molar-refractivity contribution in [2.75, 3.05) is 20.1 Å². The topological polar surface area (TPSA) is 86.8 Å². The maximum atomic E-state index is 13.4. The number of aryl methyl sites for hydroxylation is 2. The van der Waals surface area contributed by atoms with Crippen molar-refractivity contribution in [1.82, 2.24) is 14.5 Å². The van der Waals surface area contributed by atoms with Gasteiger partial charge in [-0.2, -0.15) is 4.31 Å². The summed E-state index contributed by atoms with van der Waals surface area (Å²) in [4.78, 5) is 28.0. The van der Waals surface area contributed by atoms with E-state index in [2.05, 4.69) is 5.32 Å². The Balaban J connectivity index is 2.29. The Kier molecular flexibility index (Phi) is 10.3. The molecule has 2 aromatic carbocycles. The summed E-state index contributed by atoms with van der Waals surface area (Å²) in [6.45, 7) is 8.14. The SMILES string of the molecule is CCCCNC(=O)C(CC)N(Cc1cccc(C)c1)C(=O)CN(C)S(=O)(=O)c1ccc(C)cc1. The molecule has 0 fully saturated rings. The van der Waals surface area contributed by atoms with Crippen molar-refractivity contribution in [2.24, 2.45) is 0 Å². The van der Waals surface area contributed by atoms with Gasteiger partial charge in [0.15, 0.2) is 0 Å². The van der Waals surface area contributed by atoms with Crippen LogP contribution in [0.3, 0.4) is 0 Å². The van der Waals surface area contributed by atoms with Crippen LogP contribution in [0.4, 0.5) is 0 Å². The van der Waals surface area contributed by atoms with E-state index in [1.807, 2.05) is 52.0 Å². The minimum atomic E-state index is -3.85. The number of rotatable bonds is 12. The molecule has 0 radical (unpaired) electrons. The van der Waals surface area contributed by atoms with E-state index in [-0.39, 0.29) is 23.9 Å². The van der Waals surface area contributed by atoms with Crippen molar-refractivity contribution in [3.63, 3.8) is 0 Å². The number of amides is 2. The smallest absolute Gasteiger partial charge is 0.243 e. The molecular weight excluding hydrogens is 450 g/mol. The van der Waals surface area contributed by atoms with Crippen LogP contribution in [-0.2, 0) is 26.2 Å². The minimum absolute atomic E-state index is 0.128. The van der Waals surface area contributed by atoms with Gasteiger partial charge in [-0.3, -0.25) is 9.59 Å². The van der Waals surface area contributed by atoms with E-state index in [0.717, 1.165) is 33.8 Å². The van der Waals surface area contributed by atoms with E-state index < -0.39 is 22.0 Å². The molecule has 0 bridgehead atoms. The van der Waals surface area contributed by atoms with Crippen LogP contribution in [0.2, 0.25) is 0 Å². The average Bonchev–Trinajstić information content (AvgIpc) is 2.79. The van der Waals surface area contributed by atoms with Gasteiger partial charge in [0.05, 0.1) is 11.4 Å². The standard InChI is InChI=1S/C26H37N3O4S/c1-6-8-16-27-26(31)24(7-2)29(18-22-11-9-10-21(4)17-22)25(30)19-28(5)34(32,33)23-14-12-20(3)13-15-23/h9-15,17,24H,6-8,16,18-19H2,1-5H3,(H,27,31). The first kappa shape index (κ1) is 27.5. The lowest BCUT2D eigenvalue weighted by atomic mass is 10.1. The van der Waals surface area contributed by atoms with Crippen molar-refractivity contribution < 1.29 is 18.0 Å². The predicted octanol–water partition coefficient (Wildman–Crippen LogP) is 3.65. The van der Waals surface area contributed by atoms with Crippen LogP contribution in [0.5, 0.6) is 0 Å². The Morgan fingerprint density at radius 1 is 1.00 bits per heavy atom. The second kappa shape index (κ2) is 12.7. The van der Waals surface area contributed by atoms with E-state index in [9.17, 15) is 18.0 Å². The third kappa shape index (κ3) is 7.40. The molecule has 8 heteroatoms. The Labute approximate surface area is 204 Å². The number of carbonyl (C=O) groups excluding carboxylic acids is 2. The van der Waals surface area contributed by atoms with Gasteiger partial charge in [-0.15, -0.1) is 0 Å². The number of unbranched alkanes of at least 4 members (excludes halogenated alkanes) is 1. The second-order valence-electron chi connectivity index (χ2n) is 8.65. The lowest BCUT2D eigenvalue weighted by Crippen LogP contribution is -2.51. The zero-order valence-corrected chi connectivity index (χ0v) is 21.7. The number of sulfonamides is 1. The van der Waals surface area contributed by atoms with Gasteiger partial charge in [0.2, 0.25) is 21.8 Å². The number of hydrogen-bond donors (Lipinski definition) is 1. The minimum Gasteiger partial charge on any atom is -0.354 e. The Morgan fingerprint density at radius 3 is 2.26 bits per heavy atom. The maximum Gasteiger partial charge on any atom is 0.243 e. The van der Waals surface area contributed by atoms with Gasteiger partial charge >= 0.3 is 0 Å². The summed E-state index contributed by atoms with van der Waals surface area (Å²) in [5.41, 5.74) is 2.88. The van der Waals surface area contributed by atoms with Crippen molar-refractivity contribution in [1.29, 1.82) is 0 Å². The molecule has 1 N–H and O–H groups in total. The first-order valence-corrected chi connectivity index (χ1v) is 13.2. The predicted molar refractivity (Wildman–Crippen MR) is 135 cm³/mol. The highest BCUT2D eigenvalue weighted by Crippen LogP contribution is 2.18. The molecule has 0 saturated heterocycles. The summed E-state index contributed by atoms with van der Waals surface area (Å²) in [5.74, 6) is -0.641. The highest BCUT2D eigenvalue weighted by molar-refractivity contribution is 7.89. The fourth-order valence-corrected chi connectivity index (χ4v) is 4.81. The molecule has 2 rings (SSSR count). The first-order chi connectivity index (χ1) is 16.1. The Hall–Kier alpha value is -2.71. The highest BCUT2D eigenvalue weighted by atomic mass is 32.2. The Morgan fingerprint density at radius 2 is 1.68 bits per heavy atom. The molecule has 0 spiro atoms. The number of carbonyl (C=O) groups is 2. The van der Waals surface area contributed by atoms with E-state index in [4.69, 9.17) is 0 Å². The number of nitrogens with one attached hydrogen (secondary N) is 1. The number of likely N-dealkylation sites (N-methyl/N-ethyl adjacent to an activating group) is 1. The van der Waals surface area contributed by atoms with Gasteiger partial charge in [-0.1, -0.05) is 67.8 Å². The third-order valence-electron chi connectivity index (χ3n) is 5.74. The molecule has 186 valence electrons. The molecule has 2 amide bonds. The molecule has 2 aromatic rings. The normalized spacial score (nSPS) is 12.4. The number of benzene rings is 2. The molecule has 0 saturated carbocycles. The van der Waals surface area contributed by atoms with Crippen LogP contribution in [0.15, 0.2) is 53.4 Å². The van der Waals surface area contributed by atoms with Crippen molar-refractivity contribution in [3.05, 3.63) is 65.2 Å². The summed E-state index contributed by atoms with van der Waals surface area (Å²) in [7, 11) is -2.46. The van der Waals surface area contributed by atoms with Crippen LogP contribution in [0, 0.1) is 13.8 Å². The quantitative estimate of drug-likeness (QED) is 0.463. The van der Waals surface area contributed by atoms with Crippen molar-refractivity contribution in [3.8, 4) is 0 Å². The maximum absolute atomic E-state index is 13.4. The molecule has 0 aromatic heterocycles. The van der Waals surface area contributed by atoms with Crippen LogP contribution in [-0.4, -0.2) is 55.6 Å². The fraction of sp³-hybridized carbons (Fsp3) is 0.462. The molecule has 34 heavy (non-hydrogen) atoms. The molecule has 0 aliphatic rings. The van der Waals surface area contributed by atoms with Gasteiger partial charge in [-0.25, -0.2) is 8.42 Å². The summed E-state index contributed by atoms with van der Waals surface area (Å²) in [6.07, 6.45) is 2.22. The van der Waals surface area contributed by atoms with E-state index in [0.29, 0.717) is 13.0 Å². The van der Waals surface area contributed by atoms with Crippen LogP contribution in [0.25, 0.3) is 0 Å². The third-order valence-corrected chi connectivity index (χ3v) is 7.56. The van der Waals surface area contributed by atoms with Gasteiger partial charge in [-0.05, 0) is 44.4 Å². The summed E-state index contributed by atoms with van der Waals surface area (Å²) in [6, 6.07) is 13.6. The average molecular weight is 488 g/mol. The zero-order valence-electron chi connectivity index (χ0n) is 20.9. The Bertz CT molecular complexity index is 1070. The molecule has 1 unspecified atom stereocenters. The van der Waals surface area contributed by atoms with Gasteiger partial charge in [0, 0.05) is 20.1 Å². The van der Waals surface area contributed by atoms with E-state index in [1.54, 1.807) is 12.1 Å². The van der Waals surface area contributed by atoms with Gasteiger partial charge in [0.25, 0.3) is 0 Å². The monoisotopic (exact) mass is 487 g/mol. The second-order valence-corrected chi connectivity index (χ2v) is 10.7. The zero-order chi connectivity index (χ0) is 25.3. The van der Waals surface area contributed by atoms with E-state index >= 15 is 0 Å². The van der Waals surface area contributed by atoms with Crippen LogP contribution in [0.1, 0.15) is 49.8 Å². The lowest BCUT2D eigenvalue weighted by Gasteiger charge is -2.32. The number of hydrogen-bond acceptors (Lipinski definition) is 4. The van der Waals surface area contributed by atoms with Gasteiger partial charge < -0.3 is 10.2 Å². The summed E-state index contributed by atoms with van der Waals surface area (Å²) >= 11 is 0. The highest BCUT2D eigenvalue weighted by Gasteiger charge is 2.31. The molecule has 1 atom stereocenters. The molecule has 0 aliphatic heterocycles. The first-order valence-electron chi connectivity index (χ1n) is 11.8. The summed E-state index contributed by atoms with van der Waals surface area (Å²) < 4.78 is 27.1. The molecule has 7 nitrogen and oxygen atoms in total. The fourth-order valence-electron chi connectivity index (χ4n) is 3.69.